The molecule has 0 spiro atoms. The van der Waals surface area contributed by atoms with Crippen molar-refractivity contribution >= 4 is 39.2 Å². The van der Waals surface area contributed by atoms with Gasteiger partial charge in [0.1, 0.15) is 0 Å². The summed E-state index contributed by atoms with van der Waals surface area (Å²) in [6.07, 6.45) is 0. The minimum absolute atomic E-state index is 0.361. The zero-order valence-electron chi connectivity index (χ0n) is 13.1. The lowest BCUT2D eigenvalue weighted by atomic mass is 10.3. The van der Waals surface area contributed by atoms with Crippen molar-refractivity contribution in [2.24, 2.45) is 0 Å². The van der Waals surface area contributed by atoms with Gasteiger partial charge in [0, 0.05) is 15.2 Å². The van der Waals surface area contributed by atoms with E-state index in [9.17, 15) is 4.79 Å². The van der Waals surface area contributed by atoms with Gasteiger partial charge in [-0.2, -0.15) is 4.68 Å². The molecular weight excluding hydrogens is 408 g/mol. The molecule has 0 aliphatic rings. The van der Waals surface area contributed by atoms with E-state index in [1.54, 1.807) is 28.9 Å². The van der Waals surface area contributed by atoms with Gasteiger partial charge in [-0.25, -0.2) is 4.79 Å². The van der Waals surface area contributed by atoms with Gasteiger partial charge in [-0.15, -0.1) is 5.10 Å². The molecule has 3 rings (SSSR count). The van der Waals surface area contributed by atoms with Gasteiger partial charge in [0.25, 0.3) is 0 Å². The molecule has 0 saturated heterocycles. The van der Waals surface area contributed by atoms with Crippen LogP contribution >= 0.6 is 27.5 Å². The molecule has 25 heavy (non-hydrogen) atoms. The zero-order valence-corrected chi connectivity index (χ0v) is 15.5. The Labute approximate surface area is 157 Å². The topological polar surface area (TPSA) is 84.7 Å². The van der Waals surface area contributed by atoms with E-state index in [4.69, 9.17) is 11.6 Å². The number of benzene rings is 2. The number of nitrogens with zero attached hydrogens (tertiary/aromatic N) is 4. The van der Waals surface area contributed by atoms with Crippen LogP contribution in [0.1, 0.15) is 18.8 Å². The third-order valence-electron chi connectivity index (χ3n) is 3.40. The van der Waals surface area contributed by atoms with E-state index >= 15 is 0 Å². The Bertz CT molecular complexity index is 865. The molecule has 9 heteroatoms. The van der Waals surface area contributed by atoms with E-state index in [1.165, 1.54) is 0 Å². The maximum absolute atomic E-state index is 12.2. The summed E-state index contributed by atoms with van der Waals surface area (Å²) in [5.41, 5.74) is 1.44. The minimum Gasteiger partial charge on any atom is -0.328 e. The average Bonchev–Trinajstić information content (AvgIpc) is 3.07. The van der Waals surface area contributed by atoms with E-state index in [1.807, 2.05) is 31.2 Å². The molecule has 128 valence electrons. The number of nitrogens with one attached hydrogen (secondary N) is 2. The number of urea groups is 1. The first kappa shape index (κ1) is 17.4. The van der Waals surface area contributed by atoms with E-state index in [0.717, 1.165) is 10.2 Å². The van der Waals surface area contributed by atoms with Gasteiger partial charge in [-0.05, 0) is 65.9 Å². The minimum atomic E-state index is -0.397. The smallest absolute Gasteiger partial charge is 0.319 e. The van der Waals surface area contributed by atoms with Crippen molar-refractivity contribution in [1.29, 1.82) is 0 Å². The normalized spacial score (nSPS) is 11.8. The maximum atomic E-state index is 12.2. The van der Waals surface area contributed by atoms with Gasteiger partial charge >= 0.3 is 6.03 Å². The third-order valence-corrected chi connectivity index (χ3v) is 4.18. The van der Waals surface area contributed by atoms with Crippen molar-refractivity contribution in [2.75, 3.05) is 5.32 Å². The number of halogens is 2. The monoisotopic (exact) mass is 420 g/mol. The number of amides is 2. The Hall–Kier alpha value is -2.45. The van der Waals surface area contributed by atoms with Gasteiger partial charge in [-0.1, -0.05) is 27.5 Å². The Morgan fingerprint density at radius 1 is 1.16 bits per heavy atom. The van der Waals surface area contributed by atoms with Crippen LogP contribution in [0.25, 0.3) is 5.69 Å². The Kier molecular flexibility index (Phi) is 5.30. The van der Waals surface area contributed by atoms with Crippen LogP contribution in [-0.2, 0) is 0 Å². The number of hydrogen-bond donors (Lipinski definition) is 2. The summed E-state index contributed by atoms with van der Waals surface area (Å²) in [4.78, 5) is 12.2. The number of carbonyl (C=O) groups excluding carboxylic acids is 1. The molecule has 1 unspecified atom stereocenters. The number of hydrogen-bond acceptors (Lipinski definition) is 4. The standard InChI is InChI=1S/C16H14BrClN6O/c1-10(19-16(25)20-13-6-4-12(18)5-7-13)15-21-22-23-24(15)14-8-2-11(17)3-9-14/h2-10H,1H3,(H2,19,20,25). The van der Waals surface area contributed by atoms with E-state index < -0.39 is 6.04 Å². The van der Waals surface area contributed by atoms with Crippen LogP contribution in [0.3, 0.4) is 0 Å². The summed E-state index contributed by atoms with van der Waals surface area (Å²) in [6.45, 7) is 1.81. The molecule has 0 aliphatic heterocycles. The first-order chi connectivity index (χ1) is 12.0. The third kappa shape index (κ3) is 4.34. The fraction of sp³-hybridized carbons (Fsp3) is 0.125. The molecule has 2 N–H and O–H groups in total. The second-order valence-electron chi connectivity index (χ2n) is 5.25. The highest BCUT2D eigenvalue weighted by Gasteiger charge is 2.18. The quantitative estimate of drug-likeness (QED) is 0.668. The van der Waals surface area contributed by atoms with Gasteiger partial charge in [0.15, 0.2) is 5.82 Å². The summed E-state index contributed by atoms with van der Waals surface area (Å²) < 4.78 is 2.54. The van der Waals surface area contributed by atoms with Crippen LogP contribution in [0.5, 0.6) is 0 Å². The van der Waals surface area contributed by atoms with Crippen molar-refractivity contribution in [1.82, 2.24) is 25.5 Å². The summed E-state index contributed by atoms with van der Waals surface area (Å²) in [5, 5.41) is 17.9. The summed E-state index contributed by atoms with van der Waals surface area (Å²) in [5.74, 6) is 0.522. The van der Waals surface area contributed by atoms with Crippen molar-refractivity contribution in [3.8, 4) is 5.69 Å². The van der Waals surface area contributed by atoms with E-state index in [-0.39, 0.29) is 6.03 Å². The largest absolute Gasteiger partial charge is 0.328 e. The molecule has 2 aromatic carbocycles. The highest BCUT2D eigenvalue weighted by atomic mass is 79.9. The van der Waals surface area contributed by atoms with Crippen molar-refractivity contribution in [3.63, 3.8) is 0 Å². The van der Waals surface area contributed by atoms with Crippen LogP contribution in [0.4, 0.5) is 10.5 Å². The van der Waals surface area contributed by atoms with E-state index in [2.05, 4.69) is 42.1 Å². The fourth-order valence-electron chi connectivity index (χ4n) is 2.19. The molecule has 0 radical (unpaired) electrons. The molecule has 1 aromatic heterocycles. The number of aromatic nitrogens is 4. The molecule has 0 saturated carbocycles. The number of carbonyl (C=O) groups is 1. The second kappa shape index (κ2) is 7.62. The van der Waals surface area contributed by atoms with Crippen LogP contribution in [0.2, 0.25) is 5.02 Å². The van der Waals surface area contributed by atoms with Crippen LogP contribution in [-0.4, -0.2) is 26.2 Å². The summed E-state index contributed by atoms with van der Waals surface area (Å²) in [6, 6.07) is 13.6. The van der Waals surface area contributed by atoms with Gasteiger partial charge in [0.05, 0.1) is 11.7 Å². The zero-order chi connectivity index (χ0) is 17.8. The lowest BCUT2D eigenvalue weighted by Gasteiger charge is -2.14. The van der Waals surface area contributed by atoms with Crippen LogP contribution in [0, 0.1) is 0 Å². The molecule has 0 aliphatic carbocycles. The van der Waals surface area contributed by atoms with Gasteiger partial charge in [-0.3, -0.25) is 0 Å². The lowest BCUT2D eigenvalue weighted by Crippen LogP contribution is -2.32. The number of rotatable bonds is 4. The SMILES string of the molecule is CC(NC(=O)Nc1ccc(Cl)cc1)c1nnnn1-c1ccc(Br)cc1. The predicted octanol–water partition coefficient (Wildman–Crippen LogP) is 3.96. The number of anilines is 1. The molecule has 3 aromatic rings. The lowest BCUT2D eigenvalue weighted by molar-refractivity contribution is 0.248. The Balaban J connectivity index is 1.70. The van der Waals surface area contributed by atoms with Crippen molar-refractivity contribution < 1.29 is 4.79 Å². The molecular formula is C16H14BrClN6O. The molecule has 2 amide bonds. The molecule has 1 heterocycles. The van der Waals surface area contributed by atoms with Gasteiger partial charge in [0.2, 0.25) is 0 Å². The van der Waals surface area contributed by atoms with E-state index in [0.29, 0.717) is 16.5 Å². The molecule has 1 atom stereocenters. The van der Waals surface area contributed by atoms with Gasteiger partial charge < -0.3 is 10.6 Å². The Morgan fingerprint density at radius 2 is 1.84 bits per heavy atom. The fourth-order valence-corrected chi connectivity index (χ4v) is 2.58. The summed E-state index contributed by atoms with van der Waals surface area (Å²) in [7, 11) is 0. The first-order valence-corrected chi connectivity index (χ1v) is 8.57. The summed E-state index contributed by atoms with van der Waals surface area (Å²) >= 11 is 9.22. The predicted molar refractivity (Wildman–Crippen MR) is 98.9 cm³/mol. The second-order valence-corrected chi connectivity index (χ2v) is 6.60. The van der Waals surface area contributed by atoms with Crippen molar-refractivity contribution in [3.05, 3.63) is 63.9 Å². The Morgan fingerprint density at radius 3 is 2.52 bits per heavy atom. The highest BCUT2D eigenvalue weighted by molar-refractivity contribution is 9.10. The van der Waals surface area contributed by atoms with Crippen LogP contribution in [0.15, 0.2) is 53.0 Å². The van der Waals surface area contributed by atoms with Crippen molar-refractivity contribution in [2.45, 2.75) is 13.0 Å². The molecule has 0 fully saturated rings. The number of tetrazole rings is 1. The first-order valence-electron chi connectivity index (χ1n) is 7.40. The molecule has 7 nitrogen and oxygen atoms in total. The van der Waals surface area contributed by atoms with Crippen LogP contribution < -0.4 is 10.6 Å². The highest BCUT2D eigenvalue weighted by Crippen LogP contribution is 2.17. The average molecular weight is 422 g/mol. The maximum Gasteiger partial charge on any atom is 0.319 e. The molecule has 0 bridgehead atoms.